The molecule has 2 nitrogen and oxygen atoms in total. The van der Waals surface area contributed by atoms with E-state index in [-0.39, 0.29) is 0 Å². The maximum absolute atomic E-state index is 3.54. The minimum atomic E-state index is 0.511. The molecule has 0 aromatic carbocycles. The largest absolute Gasteiger partial charge is 0.316 e. The number of likely N-dealkylation sites (tertiary alicyclic amines) is 1. The summed E-state index contributed by atoms with van der Waals surface area (Å²) in [6.45, 7) is 14.4. The van der Waals surface area contributed by atoms with Crippen LogP contribution in [-0.2, 0) is 0 Å². The zero-order valence-corrected chi connectivity index (χ0v) is 9.35. The Kier molecular flexibility index (Phi) is 1.97. The Labute approximate surface area is 81.7 Å². The van der Waals surface area contributed by atoms with Gasteiger partial charge in [-0.3, -0.25) is 4.90 Å². The lowest BCUT2D eigenvalue weighted by atomic mass is 9.71. The lowest BCUT2D eigenvalue weighted by molar-refractivity contribution is 0.212. The van der Waals surface area contributed by atoms with Crippen LogP contribution in [0.1, 0.15) is 27.7 Å². The molecule has 13 heavy (non-hydrogen) atoms. The summed E-state index contributed by atoms with van der Waals surface area (Å²) in [4.78, 5) is 2.63. The standard InChI is InChI=1S/C11H22N2/c1-9(2)13-7-10(3)5-12-6-11(10,4)8-13/h9,12H,5-8H2,1-4H3/t10-,11+. The van der Waals surface area contributed by atoms with Crippen LogP contribution in [0.25, 0.3) is 0 Å². The van der Waals surface area contributed by atoms with Gasteiger partial charge >= 0.3 is 0 Å². The number of fused-ring (bicyclic) bond motifs is 1. The normalized spacial score (nSPS) is 45.9. The lowest BCUT2D eigenvalue weighted by Crippen LogP contribution is -2.34. The molecule has 0 saturated carbocycles. The first-order chi connectivity index (χ1) is 5.97. The van der Waals surface area contributed by atoms with Gasteiger partial charge in [-0.25, -0.2) is 0 Å². The van der Waals surface area contributed by atoms with Gasteiger partial charge in [0.05, 0.1) is 0 Å². The minimum absolute atomic E-state index is 0.511. The Morgan fingerprint density at radius 1 is 1.08 bits per heavy atom. The second kappa shape index (κ2) is 2.71. The molecule has 2 atom stereocenters. The molecule has 2 rings (SSSR count). The summed E-state index contributed by atoms with van der Waals surface area (Å²) in [5.41, 5.74) is 1.02. The Balaban J connectivity index is 2.18. The summed E-state index contributed by atoms with van der Waals surface area (Å²) >= 11 is 0. The van der Waals surface area contributed by atoms with Crippen molar-refractivity contribution in [1.29, 1.82) is 0 Å². The van der Waals surface area contributed by atoms with Crippen LogP contribution in [0.3, 0.4) is 0 Å². The molecule has 2 aliphatic heterocycles. The van der Waals surface area contributed by atoms with E-state index in [0.717, 1.165) is 0 Å². The summed E-state index contributed by atoms with van der Waals surface area (Å²) in [7, 11) is 0. The van der Waals surface area contributed by atoms with Crippen molar-refractivity contribution in [2.45, 2.75) is 33.7 Å². The number of hydrogen-bond donors (Lipinski definition) is 1. The van der Waals surface area contributed by atoms with Gasteiger partial charge < -0.3 is 5.32 Å². The third kappa shape index (κ3) is 1.23. The average molecular weight is 182 g/mol. The average Bonchev–Trinajstić information content (AvgIpc) is 2.38. The van der Waals surface area contributed by atoms with E-state index in [1.807, 2.05) is 0 Å². The second-order valence-electron chi connectivity index (χ2n) is 5.72. The molecule has 0 aromatic rings. The van der Waals surface area contributed by atoms with Crippen molar-refractivity contribution in [2.24, 2.45) is 10.8 Å². The smallest absolute Gasteiger partial charge is 0.00566 e. The number of nitrogens with zero attached hydrogens (tertiary/aromatic N) is 1. The van der Waals surface area contributed by atoms with Crippen LogP contribution < -0.4 is 5.32 Å². The van der Waals surface area contributed by atoms with Gasteiger partial charge in [-0.1, -0.05) is 13.8 Å². The van der Waals surface area contributed by atoms with Crippen LogP contribution in [0.5, 0.6) is 0 Å². The molecular weight excluding hydrogens is 160 g/mol. The molecule has 0 bridgehead atoms. The number of nitrogens with one attached hydrogen (secondary N) is 1. The summed E-state index contributed by atoms with van der Waals surface area (Å²) < 4.78 is 0. The molecule has 2 saturated heterocycles. The maximum atomic E-state index is 3.54. The topological polar surface area (TPSA) is 15.3 Å². The number of hydrogen-bond acceptors (Lipinski definition) is 2. The maximum Gasteiger partial charge on any atom is 0.00566 e. The summed E-state index contributed by atoms with van der Waals surface area (Å²) in [6.07, 6.45) is 0. The zero-order chi connectivity index (χ0) is 9.69. The minimum Gasteiger partial charge on any atom is -0.316 e. The van der Waals surface area contributed by atoms with Crippen LogP contribution >= 0.6 is 0 Å². The fourth-order valence-electron chi connectivity index (χ4n) is 2.85. The van der Waals surface area contributed by atoms with Crippen molar-refractivity contribution in [3.63, 3.8) is 0 Å². The molecule has 0 spiro atoms. The predicted octanol–water partition coefficient (Wildman–Crippen LogP) is 1.33. The molecule has 0 radical (unpaired) electrons. The Bertz CT molecular complexity index is 196. The summed E-state index contributed by atoms with van der Waals surface area (Å²) in [5.74, 6) is 0. The lowest BCUT2D eigenvalue weighted by Gasteiger charge is -2.31. The van der Waals surface area contributed by atoms with Crippen LogP contribution in [0.15, 0.2) is 0 Å². The van der Waals surface area contributed by atoms with Gasteiger partial charge in [0, 0.05) is 43.1 Å². The van der Waals surface area contributed by atoms with Crippen molar-refractivity contribution >= 4 is 0 Å². The summed E-state index contributed by atoms with van der Waals surface area (Å²) in [6, 6.07) is 0.708. The first kappa shape index (κ1) is 9.47. The molecular formula is C11H22N2. The van der Waals surface area contributed by atoms with E-state index in [1.165, 1.54) is 26.2 Å². The SMILES string of the molecule is CC(C)N1C[C@]2(C)CNC[C@]2(C)C1. The van der Waals surface area contributed by atoms with Crippen LogP contribution in [0, 0.1) is 10.8 Å². The van der Waals surface area contributed by atoms with E-state index in [0.29, 0.717) is 16.9 Å². The van der Waals surface area contributed by atoms with Gasteiger partial charge in [-0.15, -0.1) is 0 Å². The van der Waals surface area contributed by atoms with Gasteiger partial charge in [0.2, 0.25) is 0 Å². The van der Waals surface area contributed by atoms with E-state index in [2.05, 4.69) is 37.9 Å². The highest BCUT2D eigenvalue weighted by Crippen LogP contribution is 2.48. The highest BCUT2D eigenvalue weighted by atomic mass is 15.2. The van der Waals surface area contributed by atoms with Crippen molar-refractivity contribution in [3.8, 4) is 0 Å². The van der Waals surface area contributed by atoms with Crippen LogP contribution in [0.2, 0.25) is 0 Å². The Hall–Kier alpha value is -0.0800. The van der Waals surface area contributed by atoms with Crippen molar-refractivity contribution in [1.82, 2.24) is 10.2 Å². The van der Waals surface area contributed by atoms with E-state index < -0.39 is 0 Å². The van der Waals surface area contributed by atoms with E-state index >= 15 is 0 Å². The molecule has 0 aromatic heterocycles. The van der Waals surface area contributed by atoms with E-state index in [4.69, 9.17) is 0 Å². The fraction of sp³-hybridized carbons (Fsp3) is 1.00. The van der Waals surface area contributed by atoms with Gasteiger partial charge in [-0.05, 0) is 13.8 Å². The van der Waals surface area contributed by atoms with E-state index in [1.54, 1.807) is 0 Å². The molecule has 2 heterocycles. The predicted molar refractivity (Wildman–Crippen MR) is 55.8 cm³/mol. The molecule has 0 unspecified atom stereocenters. The van der Waals surface area contributed by atoms with Crippen LogP contribution in [-0.4, -0.2) is 37.1 Å². The Morgan fingerprint density at radius 2 is 1.54 bits per heavy atom. The molecule has 2 heteroatoms. The van der Waals surface area contributed by atoms with Crippen molar-refractivity contribution in [3.05, 3.63) is 0 Å². The van der Waals surface area contributed by atoms with Gasteiger partial charge in [0.25, 0.3) is 0 Å². The third-order valence-corrected chi connectivity index (χ3v) is 4.32. The van der Waals surface area contributed by atoms with Gasteiger partial charge in [-0.2, -0.15) is 0 Å². The number of rotatable bonds is 1. The fourth-order valence-corrected chi connectivity index (χ4v) is 2.85. The summed E-state index contributed by atoms with van der Waals surface area (Å²) in [5, 5.41) is 3.54. The third-order valence-electron chi connectivity index (χ3n) is 4.32. The highest BCUT2D eigenvalue weighted by Gasteiger charge is 2.54. The second-order valence-corrected chi connectivity index (χ2v) is 5.72. The first-order valence-electron chi connectivity index (χ1n) is 5.42. The quantitative estimate of drug-likeness (QED) is 0.658. The van der Waals surface area contributed by atoms with E-state index in [9.17, 15) is 0 Å². The van der Waals surface area contributed by atoms with Gasteiger partial charge in [0.1, 0.15) is 0 Å². The molecule has 1 N–H and O–H groups in total. The van der Waals surface area contributed by atoms with Crippen molar-refractivity contribution < 1.29 is 0 Å². The monoisotopic (exact) mass is 182 g/mol. The molecule has 0 aliphatic carbocycles. The van der Waals surface area contributed by atoms with Crippen LogP contribution in [0.4, 0.5) is 0 Å². The Morgan fingerprint density at radius 3 is 1.92 bits per heavy atom. The van der Waals surface area contributed by atoms with Gasteiger partial charge in [0.15, 0.2) is 0 Å². The van der Waals surface area contributed by atoms with Crippen molar-refractivity contribution in [2.75, 3.05) is 26.2 Å². The zero-order valence-electron chi connectivity index (χ0n) is 9.35. The molecule has 0 amide bonds. The first-order valence-corrected chi connectivity index (χ1v) is 5.42. The molecule has 2 aliphatic rings. The highest BCUT2D eigenvalue weighted by molar-refractivity contribution is 5.08. The molecule has 2 fully saturated rings. The molecule has 76 valence electrons.